The number of sulfonamides is 1. The molecule has 5 nitrogen and oxygen atoms in total. The predicted molar refractivity (Wildman–Crippen MR) is 101 cm³/mol. The van der Waals surface area contributed by atoms with Crippen LogP contribution < -0.4 is 0 Å². The first kappa shape index (κ1) is 19.7. The molecule has 0 aliphatic heterocycles. The van der Waals surface area contributed by atoms with Crippen LogP contribution in [0.2, 0.25) is 0 Å². The smallest absolute Gasteiger partial charge is 0.246 e. The summed E-state index contributed by atoms with van der Waals surface area (Å²) in [5.41, 5.74) is 1.24. The maximum Gasteiger partial charge on any atom is 0.246 e. The summed E-state index contributed by atoms with van der Waals surface area (Å²) in [7, 11) is -3.63. The number of hydrogen-bond donors (Lipinski definition) is 0. The van der Waals surface area contributed by atoms with Crippen molar-refractivity contribution in [3.8, 4) is 0 Å². The second kappa shape index (κ2) is 7.30. The monoisotopic (exact) mass is 363 g/mol. The van der Waals surface area contributed by atoms with Gasteiger partial charge in [0.2, 0.25) is 10.0 Å². The van der Waals surface area contributed by atoms with Crippen molar-refractivity contribution in [1.82, 2.24) is 14.1 Å². The fourth-order valence-electron chi connectivity index (χ4n) is 2.64. The van der Waals surface area contributed by atoms with Crippen LogP contribution in [-0.2, 0) is 22.0 Å². The highest BCUT2D eigenvalue weighted by Crippen LogP contribution is 2.31. The molecule has 138 valence electrons. The van der Waals surface area contributed by atoms with E-state index < -0.39 is 10.0 Å². The summed E-state index contributed by atoms with van der Waals surface area (Å²) < 4.78 is 29.9. The third-order valence-electron chi connectivity index (χ3n) is 4.11. The molecule has 25 heavy (non-hydrogen) atoms. The maximum atomic E-state index is 13.3. The van der Waals surface area contributed by atoms with E-state index in [-0.39, 0.29) is 11.5 Å². The van der Waals surface area contributed by atoms with E-state index in [2.05, 4.69) is 5.10 Å². The Hall–Kier alpha value is -1.66. The molecule has 1 aromatic heterocycles. The number of aromatic nitrogens is 2. The molecule has 6 heteroatoms. The van der Waals surface area contributed by atoms with E-state index >= 15 is 0 Å². The summed E-state index contributed by atoms with van der Waals surface area (Å²) in [6.07, 6.45) is 1.67. The Balaban J connectivity index is 2.50. The highest BCUT2D eigenvalue weighted by molar-refractivity contribution is 7.89. The number of hydrogen-bond acceptors (Lipinski definition) is 3. The Labute approximate surface area is 151 Å². The van der Waals surface area contributed by atoms with Gasteiger partial charge in [-0.1, -0.05) is 58.0 Å². The minimum atomic E-state index is -3.63. The Kier molecular flexibility index (Phi) is 5.74. The largest absolute Gasteiger partial charge is 0.269 e. The van der Waals surface area contributed by atoms with Gasteiger partial charge in [0.05, 0.1) is 5.69 Å². The van der Waals surface area contributed by atoms with Crippen LogP contribution in [0.1, 0.15) is 58.8 Å². The van der Waals surface area contributed by atoms with Gasteiger partial charge in [-0.05, 0) is 19.4 Å². The van der Waals surface area contributed by atoms with Gasteiger partial charge in [0.1, 0.15) is 4.90 Å². The Morgan fingerprint density at radius 3 is 2.24 bits per heavy atom. The van der Waals surface area contributed by atoms with Gasteiger partial charge in [0, 0.05) is 30.7 Å². The van der Waals surface area contributed by atoms with E-state index in [0.29, 0.717) is 23.7 Å². The standard InChI is InChI=1S/C19H29N3O2S/c1-7-21(13-16-11-9-8-10-12-16)25(23,24)17-14-22(15(2)3)20-18(17)19(4,5)6/h8-12,14-15H,7,13H2,1-6H3. The molecule has 0 aliphatic rings. The normalized spacial score (nSPS) is 13.0. The molecule has 0 amide bonds. The average molecular weight is 364 g/mol. The minimum Gasteiger partial charge on any atom is -0.269 e. The van der Waals surface area contributed by atoms with Crippen LogP contribution >= 0.6 is 0 Å². The summed E-state index contributed by atoms with van der Waals surface area (Å²) in [5, 5.41) is 4.58. The van der Waals surface area contributed by atoms with Crippen LogP contribution in [-0.4, -0.2) is 29.0 Å². The summed E-state index contributed by atoms with van der Waals surface area (Å²) in [4.78, 5) is 0.312. The summed E-state index contributed by atoms with van der Waals surface area (Å²) >= 11 is 0. The van der Waals surface area contributed by atoms with Crippen molar-refractivity contribution in [1.29, 1.82) is 0 Å². The van der Waals surface area contributed by atoms with Crippen molar-refractivity contribution < 1.29 is 8.42 Å². The van der Waals surface area contributed by atoms with Crippen LogP contribution in [0.5, 0.6) is 0 Å². The summed E-state index contributed by atoms with van der Waals surface area (Å²) in [6.45, 7) is 12.6. The van der Waals surface area contributed by atoms with Gasteiger partial charge in [-0.25, -0.2) is 8.42 Å². The third kappa shape index (κ3) is 4.30. The lowest BCUT2D eigenvalue weighted by Gasteiger charge is -2.23. The second-order valence-corrected chi connectivity index (χ2v) is 9.49. The first-order chi connectivity index (χ1) is 11.6. The Morgan fingerprint density at radius 1 is 1.16 bits per heavy atom. The second-order valence-electron chi connectivity index (χ2n) is 7.58. The lowest BCUT2D eigenvalue weighted by molar-refractivity contribution is 0.420. The fraction of sp³-hybridized carbons (Fsp3) is 0.526. The highest BCUT2D eigenvalue weighted by atomic mass is 32.2. The molecule has 0 fully saturated rings. The lowest BCUT2D eigenvalue weighted by Crippen LogP contribution is -2.32. The Bertz CT molecular complexity index is 803. The molecule has 0 aliphatic carbocycles. The predicted octanol–water partition coefficient (Wildman–Crippen LogP) is 3.97. The molecule has 2 aromatic rings. The van der Waals surface area contributed by atoms with Gasteiger partial charge in [-0.15, -0.1) is 0 Å². The molecule has 0 unspecified atom stereocenters. The molecule has 1 heterocycles. The average Bonchev–Trinajstić information content (AvgIpc) is 3.00. The van der Waals surface area contributed by atoms with Crippen molar-refractivity contribution in [3.05, 3.63) is 47.8 Å². The van der Waals surface area contributed by atoms with Gasteiger partial charge in [-0.2, -0.15) is 9.40 Å². The summed E-state index contributed by atoms with van der Waals surface area (Å²) in [5.74, 6) is 0. The molecular formula is C19H29N3O2S. The molecule has 0 saturated heterocycles. The molecule has 0 N–H and O–H groups in total. The molecule has 0 radical (unpaired) electrons. The van der Waals surface area contributed by atoms with Crippen LogP contribution in [0.25, 0.3) is 0 Å². The zero-order valence-corrected chi connectivity index (χ0v) is 16.8. The van der Waals surface area contributed by atoms with Crippen LogP contribution in [0.15, 0.2) is 41.4 Å². The molecule has 2 rings (SSSR count). The van der Waals surface area contributed by atoms with Crippen molar-refractivity contribution in [2.24, 2.45) is 0 Å². The fourth-order valence-corrected chi connectivity index (χ4v) is 4.41. The highest BCUT2D eigenvalue weighted by Gasteiger charge is 2.33. The quantitative estimate of drug-likeness (QED) is 0.780. The van der Waals surface area contributed by atoms with Crippen LogP contribution in [0, 0.1) is 0 Å². The van der Waals surface area contributed by atoms with Crippen LogP contribution in [0.4, 0.5) is 0 Å². The minimum absolute atomic E-state index is 0.106. The van der Waals surface area contributed by atoms with Crippen molar-refractivity contribution in [3.63, 3.8) is 0 Å². The molecule has 0 spiro atoms. The number of rotatable bonds is 6. The van der Waals surface area contributed by atoms with E-state index in [1.54, 1.807) is 10.9 Å². The Morgan fingerprint density at radius 2 is 1.76 bits per heavy atom. The van der Waals surface area contributed by atoms with E-state index in [4.69, 9.17) is 0 Å². The third-order valence-corrected chi connectivity index (χ3v) is 6.03. The molecule has 0 bridgehead atoms. The zero-order valence-electron chi connectivity index (χ0n) is 16.0. The summed E-state index contributed by atoms with van der Waals surface area (Å²) in [6, 6.07) is 9.77. The first-order valence-corrected chi connectivity index (χ1v) is 10.1. The van der Waals surface area contributed by atoms with E-state index in [1.807, 2.05) is 71.9 Å². The van der Waals surface area contributed by atoms with Crippen molar-refractivity contribution in [2.45, 2.75) is 64.4 Å². The van der Waals surface area contributed by atoms with Crippen molar-refractivity contribution in [2.75, 3.05) is 6.54 Å². The molecule has 1 aromatic carbocycles. The van der Waals surface area contributed by atoms with E-state index in [9.17, 15) is 8.42 Å². The van der Waals surface area contributed by atoms with Gasteiger partial charge in [-0.3, -0.25) is 4.68 Å². The number of benzene rings is 1. The lowest BCUT2D eigenvalue weighted by atomic mass is 9.92. The van der Waals surface area contributed by atoms with E-state index in [1.165, 1.54) is 4.31 Å². The van der Waals surface area contributed by atoms with Gasteiger partial charge < -0.3 is 0 Å². The zero-order chi connectivity index (χ0) is 18.8. The molecule has 0 atom stereocenters. The van der Waals surface area contributed by atoms with Gasteiger partial charge >= 0.3 is 0 Å². The van der Waals surface area contributed by atoms with Crippen molar-refractivity contribution >= 4 is 10.0 Å². The molecule has 0 saturated carbocycles. The first-order valence-electron chi connectivity index (χ1n) is 8.71. The van der Waals surface area contributed by atoms with E-state index in [0.717, 1.165) is 5.56 Å². The maximum absolute atomic E-state index is 13.3. The topological polar surface area (TPSA) is 55.2 Å². The van der Waals surface area contributed by atoms with Gasteiger partial charge in [0.25, 0.3) is 0 Å². The SMILES string of the molecule is CCN(Cc1ccccc1)S(=O)(=O)c1cn(C(C)C)nc1C(C)(C)C. The molecular weight excluding hydrogens is 334 g/mol. The number of nitrogens with zero attached hydrogens (tertiary/aromatic N) is 3. The van der Waals surface area contributed by atoms with Gasteiger partial charge in [0.15, 0.2) is 0 Å². The van der Waals surface area contributed by atoms with Crippen LogP contribution in [0.3, 0.4) is 0 Å².